The molecule has 0 unspecified atom stereocenters. The molecule has 3 heteroatoms. The number of nitrogens with one attached hydrogen (secondary N) is 1. The quantitative estimate of drug-likeness (QED) is 0.886. The highest BCUT2D eigenvalue weighted by molar-refractivity contribution is 5.47. The molecule has 100 valence electrons. The van der Waals surface area contributed by atoms with Gasteiger partial charge >= 0.3 is 0 Å². The maximum Gasteiger partial charge on any atom is 0.128 e. The van der Waals surface area contributed by atoms with Crippen LogP contribution >= 0.6 is 0 Å². The van der Waals surface area contributed by atoms with E-state index in [4.69, 9.17) is 0 Å². The van der Waals surface area contributed by atoms with Crippen molar-refractivity contribution in [3.8, 4) is 0 Å². The summed E-state index contributed by atoms with van der Waals surface area (Å²) < 4.78 is 13.6. The van der Waals surface area contributed by atoms with E-state index in [1.54, 1.807) is 6.07 Å². The standard InChI is InChI=1S/C16H19FN2/c1-18-11-13-7-9-15(10-8-13)19(2)12-14-5-3-4-6-16(14)17/h3-10,18H,11-12H2,1-2H3. The summed E-state index contributed by atoms with van der Waals surface area (Å²) >= 11 is 0. The van der Waals surface area contributed by atoms with Gasteiger partial charge in [0.2, 0.25) is 0 Å². The molecule has 0 spiro atoms. The van der Waals surface area contributed by atoms with Crippen molar-refractivity contribution in [3.63, 3.8) is 0 Å². The average molecular weight is 258 g/mol. The van der Waals surface area contributed by atoms with E-state index in [1.165, 1.54) is 11.6 Å². The third-order valence-corrected chi connectivity index (χ3v) is 3.12. The third kappa shape index (κ3) is 3.55. The van der Waals surface area contributed by atoms with Crippen LogP contribution in [0.15, 0.2) is 48.5 Å². The van der Waals surface area contributed by atoms with Crippen molar-refractivity contribution in [2.24, 2.45) is 0 Å². The van der Waals surface area contributed by atoms with Gasteiger partial charge in [0.1, 0.15) is 5.82 Å². The highest BCUT2D eigenvalue weighted by Gasteiger charge is 2.05. The Labute approximate surface area is 113 Å². The van der Waals surface area contributed by atoms with Gasteiger partial charge in [0.15, 0.2) is 0 Å². The van der Waals surface area contributed by atoms with Crippen molar-refractivity contribution in [1.29, 1.82) is 0 Å². The zero-order valence-corrected chi connectivity index (χ0v) is 11.4. The molecular weight excluding hydrogens is 239 g/mol. The Morgan fingerprint density at radius 3 is 2.37 bits per heavy atom. The molecule has 2 rings (SSSR count). The third-order valence-electron chi connectivity index (χ3n) is 3.12. The van der Waals surface area contributed by atoms with Gasteiger partial charge in [-0.15, -0.1) is 0 Å². The fourth-order valence-electron chi connectivity index (χ4n) is 2.05. The molecule has 0 atom stereocenters. The van der Waals surface area contributed by atoms with Gasteiger partial charge in [-0.1, -0.05) is 30.3 Å². The number of nitrogens with zero attached hydrogens (tertiary/aromatic N) is 1. The Morgan fingerprint density at radius 2 is 1.74 bits per heavy atom. The minimum absolute atomic E-state index is 0.152. The zero-order chi connectivity index (χ0) is 13.7. The van der Waals surface area contributed by atoms with Crippen molar-refractivity contribution in [2.75, 3.05) is 19.0 Å². The van der Waals surface area contributed by atoms with Crippen LogP contribution in [-0.2, 0) is 13.1 Å². The predicted molar refractivity (Wildman–Crippen MR) is 77.7 cm³/mol. The second kappa shape index (κ2) is 6.34. The molecule has 0 aliphatic carbocycles. The zero-order valence-electron chi connectivity index (χ0n) is 11.4. The highest BCUT2D eigenvalue weighted by Crippen LogP contribution is 2.17. The smallest absolute Gasteiger partial charge is 0.128 e. The van der Waals surface area contributed by atoms with Crippen molar-refractivity contribution in [3.05, 3.63) is 65.5 Å². The predicted octanol–water partition coefficient (Wildman–Crippen LogP) is 3.18. The van der Waals surface area contributed by atoms with Crippen LogP contribution in [-0.4, -0.2) is 14.1 Å². The van der Waals surface area contributed by atoms with E-state index < -0.39 is 0 Å². The molecule has 0 bridgehead atoms. The molecular formula is C16H19FN2. The van der Waals surface area contributed by atoms with Crippen molar-refractivity contribution < 1.29 is 4.39 Å². The van der Waals surface area contributed by atoms with Crippen LogP contribution in [0.3, 0.4) is 0 Å². The Kier molecular flexibility index (Phi) is 4.53. The van der Waals surface area contributed by atoms with Gasteiger partial charge in [0.05, 0.1) is 0 Å². The normalized spacial score (nSPS) is 10.5. The van der Waals surface area contributed by atoms with Crippen LogP contribution in [0.1, 0.15) is 11.1 Å². The molecule has 0 aliphatic heterocycles. The molecule has 1 N–H and O–H groups in total. The fourth-order valence-corrected chi connectivity index (χ4v) is 2.05. The lowest BCUT2D eigenvalue weighted by Crippen LogP contribution is -2.17. The van der Waals surface area contributed by atoms with E-state index in [1.807, 2.05) is 31.1 Å². The van der Waals surface area contributed by atoms with Crippen LogP contribution < -0.4 is 10.2 Å². The highest BCUT2D eigenvalue weighted by atomic mass is 19.1. The van der Waals surface area contributed by atoms with Gasteiger partial charge in [-0.2, -0.15) is 0 Å². The lowest BCUT2D eigenvalue weighted by Gasteiger charge is -2.20. The first-order chi connectivity index (χ1) is 9.20. The van der Waals surface area contributed by atoms with Crippen LogP contribution in [0.2, 0.25) is 0 Å². The van der Waals surface area contributed by atoms with Crippen molar-refractivity contribution in [1.82, 2.24) is 5.32 Å². The number of halogens is 1. The minimum atomic E-state index is -0.152. The second-order valence-corrected chi connectivity index (χ2v) is 4.64. The summed E-state index contributed by atoms with van der Waals surface area (Å²) in [5, 5.41) is 3.12. The Morgan fingerprint density at radius 1 is 1.05 bits per heavy atom. The number of anilines is 1. The Hall–Kier alpha value is -1.87. The summed E-state index contributed by atoms with van der Waals surface area (Å²) in [4.78, 5) is 2.04. The SMILES string of the molecule is CNCc1ccc(N(C)Cc2ccccc2F)cc1. The average Bonchev–Trinajstić information content (AvgIpc) is 2.42. The van der Waals surface area contributed by atoms with E-state index in [0.717, 1.165) is 12.2 Å². The van der Waals surface area contributed by atoms with Crippen molar-refractivity contribution >= 4 is 5.69 Å². The van der Waals surface area contributed by atoms with Gasteiger partial charge in [0, 0.05) is 31.4 Å². The fraction of sp³-hybridized carbons (Fsp3) is 0.250. The van der Waals surface area contributed by atoms with Crippen LogP contribution in [0.4, 0.5) is 10.1 Å². The lowest BCUT2D eigenvalue weighted by atomic mass is 10.1. The first kappa shape index (κ1) is 13.6. The van der Waals surface area contributed by atoms with Gasteiger partial charge in [0.25, 0.3) is 0 Å². The van der Waals surface area contributed by atoms with Gasteiger partial charge in [-0.25, -0.2) is 4.39 Å². The first-order valence-corrected chi connectivity index (χ1v) is 6.39. The lowest BCUT2D eigenvalue weighted by molar-refractivity contribution is 0.608. The topological polar surface area (TPSA) is 15.3 Å². The molecule has 0 aliphatic rings. The van der Waals surface area contributed by atoms with Crippen molar-refractivity contribution in [2.45, 2.75) is 13.1 Å². The molecule has 0 fully saturated rings. The summed E-state index contributed by atoms with van der Waals surface area (Å²) in [5.74, 6) is -0.152. The Bertz CT molecular complexity index is 523. The van der Waals surface area contributed by atoms with E-state index >= 15 is 0 Å². The minimum Gasteiger partial charge on any atom is -0.370 e. The summed E-state index contributed by atoms with van der Waals surface area (Å²) in [6.45, 7) is 1.43. The van der Waals surface area contributed by atoms with E-state index in [-0.39, 0.29) is 5.82 Å². The number of hydrogen-bond donors (Lipinski definition) is 1. The van der Waals surface area contributed by atoms with E-state index in [2.05, 4.69) is 29.6 Å². The summed E-state index contributed by atoms with van der Waals surface area (Å²) in [7, 11) is 3.90. The van der Waals surface area contributed by atoms with Gasteiger partial charge in [-0.3, -0.25) is 0 Å². The molecule has 2 aromatic rings. The monoisotopic (exact) mass is 258 g/mol. The molecule has 19 heavy (non-hydrogen) atoms. The summed E-state index contributed by atoms with van der Waals surface area (Å²) in [6, 6.07) is 15.2. The number of benzene rings is 2. The second-order valence-electron chi connectivity index (χ2n) is 4.64. The molecule has 2 nitrogen and oxygen atoms in total. The van der Waals surface area contributed by atoms with Crippen LogP contribution in [0.5, 0.6) is 0 Å². The Balaban J connectivity index is 2.07. The van der Waals surface area contributed by atoms with Gasteiger partial charge in [-0.05, 0) is 30.8 Å². The van der Waals surface area contributed by atoms with Gasteiger partial charge < -0.3 is 10.2 Å². The molecule has 2 aromatic carbocycles. The van der Waals surface area contributed by atoms with E-state index in [0.29, 0.717) is 12.1 Å². The van der Waals surface area contributed by atoms with E-state index in [9.17, 15) is 4.39 Å². The molecule has 0 radical (unpaired) electrons. The maximum atomic E-state index is 13.6. The molecule has 0 heterocycles. The molecule has 0 amide bonds. The summed E-state index contributed by atoms with van der Waals surface area (Å²) in [5.41, 5.74) is 3.04. The molecule has 0 saturated heterocycles. The van der Waals surface area contributed by atoms with Crippen LogP contribution in [0, 0.1) is 5.82 Å². The maximum absolute atomic E-state index is 13.6. The molecule has 0 aromatic heterocycles. The summed E-state index contributed by atoms with van der Waals surface area (Å²) in [6.07, 6.45) is 0. The number of hydrogen-bond acceptors (Lipinski definition) is 2. The first-order valence-electron chi connectivity index (χ1n) is 6.39. The number of rotatable bonds is 5. The largest absolute Gasteiger partial charge is 0.370 e. The molecule has 0 saturated carbocycles. The van der Waals surface area contributed by atoms with Crippen LogP contribution in [0.25, 0.3) is 0 Å².